The molecule has 1 aromatic heterocycles. The first-order valence-electron chi connectivity index (χ1n) is 5.66. The first-order chi connectivity index (χ1) is 9.22. The third-order valence-electron chi connectivity index (χ3n) is 2.55. The minimum Gasteiger partial charge on any atom is -0.481 e. The van der Waals surface area contributed by atoms with Crippen molar-refractivity contribution in [3.63, 3.8) is 0 Å². The summed E-state index contributed by atoms with van der Waals surface area (Å²) in [6, 6.07) is 12.7. The molecule has 0 spiro atoms. The average molecular weight is 274 g/mol. The number of halogens is 1. The molecule has 0 unspecified atom stereocenters. The molecule has 96 valence electrons. The van der Waals surface area contributed by atoms with Gasteiger partial charge in [0.1, 0.15) is 6.07 Å². The SMILES string of the molecule is COc1cccc(CNc2cc(Cl)ccc2C#N)n1. The highest BCUT2D eigenvalue weighted by Crippen LogP contribution is 2.21. The number of benzene rings is 1. The maximum absolute atomic E-state index is 9.02. The van der Waals surface area contributed by atoms with Gasteiger partial charge in [-0.05, 0) is 24.3 Å². The molecule has 0 aliphatic rings. The zero-order valence-corrected chi connectivity index (χ0v) is 11.1. The molecule has 4 nitrogen and oxygen atoms in total. The predicted molar refractivity (Wildman–Crippen MR) is 74.3 cm³/mol. The number of hydrogen-bond acceptors (Lipinski definition) is 4. The summed E-state index contributed by atoms with van der Waals surface area (Å²) < 4.78 is 5.06. The van der Waals surface area contributed by atoms with Gasteiger partial charge in [0.05, 0.1) is 30.6 Å². The van der Waals surface area contributed by atoms with Crippen molar-refractivity contribution in [2.45, 2.75) is 6.54 Å². The van der Waals surface area contributed by atoms with Crippen LogP contribution in [0.3, 0.4) is 0 Å². The van der Waals surface area contributed by atoms with Crippen molar-refractivity contribution < 1.29 is 4.74 Å². The maximum atomic E-state index is 9.02. The van der Waals surface area contributed by atoms with E-state index in [0.717, 1.165) is 5.69 Å². The average Bonchev–Trinajstić information content (AvgIpc) is 2.45. The van der Waals surface area contributed by atoms with E-state index >= 15 is 0 Å². The number of rotatable bonds is 4. The second kappa shape index (κ2) is 6.07. The van der Waals surface area contributed by atoms with Crippen LogP contribution in [0.4, 0.5) is 5.69 Å². The normalized spacial score (nSPS) is 9.74. The van der Waals surface area contributed by atoms with Crippen LogP contribution in [0, 0.1) is 11.3 Å². The minimum absolute atomic E-state index is 0.492. The first kappa shape index (κ1) is 13.2. The number of hydrogen-bond donors (Lipinski definition) is 1. The van der Waals surface area contributed by atoms with Crippen molar-refractivity contribution in [2.75, 3.05) is 12.4 Å². The zero-order chi connectivity index (χ0) is 13.7. The molecule has 0 aliphatic carbocycles. The van der Waals surface area contributed by atoms with Gasteiger partial charge in [-0.2, -0.15) is 5.26 Å². The first-order valence-corrected chi connectivity index (χ1v) is 6.04. The van der Waals surface area contributed by atoms with E-state index < -0.39 is 0 Å². The third kappa shape index (κ3) is 3.36. The van der Waals surface area contributed by atoms with Crippen molar-refractivity contribution >= 4 is 17.3 Å². The molecule has 5 heteroatoms. The van der Waals surface area contributed by atoms with Gasteiger partial charge >= 0.3 is 0 Å². The van der Waals surface area contributed by atoms with Crippen LogP contribution in [0.15, 0.2) is 36.4 Å². The van der Waals surface area contributed by atoms with Gasteiger partial charge in [0.25, 0.3) is 0 Å². The smallest absolute Gasteiger partial charge is 0.213 e. The number of ether oxygens (including phenoxy) is 1. The summed E-state index contributed by atoms with van der Waals surface area (Å²) in [7, 11) is 1.57. The Kier molecular flexibility index (Phi) is 4.22. The van der Waals surface area contributed by atoms with Crippen molar-refractivity contribution in [1.29, 1.82) is 5.26 Å². The molecule has 2 aromatic rings. The number of methoxy groups -OCH3 is 1. The lowest BCUT2D eigenvalue weighted by atomic mass is 10.2. The topological polar surface area (TPSA) is 57.9 Å². The van der Waals surface area contributed by atoms with Gasteiger partial charge < -0.3 is 10.1 Å². The van der Waals surface area contributed by atoms with Crippen LogP contribution in [0.1, 0.15) is 11.3 Å². The highest BCUT2D eigenvalue weighted by atomic mass is 35.5. The fourth-order valence-corrected chi connectivity index (χ4v) is 1.79. The van der Waals surface area contributed by atoms with Gasteiger partial charge in [0, 0.05) is 11.1 Å². The second-order valence-corrected chi connectivity index (χ2v) is 4.26. The van der Waals surface area contributed by atoms with Crippen LogP contribution in [0.25, 0.3) is 0 Å². The number of nitrogens with zero attached hydrogens (tertiary/aromatic N) is 2. The number of anilines is 1. The monoisotopic (exact) mass is 273 g/mol. The summed E-state index contributed by atoms with van der Waals surface area (Å²) in [6.45, 7) is 0.492. The van der Waals surface area contributed by atoms with Crippen LogP contribution in [0.5, 0.6) is 5.88 Å². The van der Waals surface area contributed by atoms with Crippen LogP contribution in [-0.2, 0) is 6.54 Å². The fraction of sp³-hybridized carbons (Fsp3) is 0.143. The van der Waals surface area contributed by atoms with Crippen molar-refractivity contribution in [1.82, 2.24) is 4.98 Å². The molecule has 2 rings (SSSR count). The third-order valence-corrected chi connectivity index (χ3v) is 2.79. The summed E-state index contributed by atoms with van der Waals surface area (Å²) in [5.41, 5.74) is 2.06. The van der Waals surface area contributed by atoms with Gasteiger partial charge in [0.15, 0.2) is 0 Å². The Morgan fingerprint density at radius 3 is 2.95 bits per heavy atom. The highest BCUT2D eigenvalue weighted by molar-refractivity contribution is 6.30. The van der Waals surface area contributed by atoms with Gasteiger partial charge in [-0.3, -0.25) is 0 Å². The van der Waals surface area contributed by atoms with Gasteiger partial charge in [-0.15, -0.1) is 0 Å². The number of nitriles is 1. The minimum atomic E-state index is 0.492. The predicted octanol–water partition coefficient (Wildman–Crippen LogP) is 3.23. The Hall–Kier alpha value is -2.25. The van der Waals surface area contributed by atoms with Crippen LogP contribution in [-0.4, -0.2) is 12.1 Å². The van der Waals surface area contributed by atoms with E-state index in [1.807, 2.05) is 12.1 Å². The molecular formula is C14H12ClN3O. The molecule has 0 radical (unpaired) electrons. The molecule has 0 bridgehead atoms. The van der Waals surface area contributed by atoms with Crippen LogP contribution >= 0.6 is 11.6 Å². The Morgan fingerprint density at radius 2 is 2.21 bits per heavy atom. The van der Waals surface area contributed by atoms with Gasteiger partial charge in [-0.1, -0.05) is 17.7 Å². The molecular weight excluding hydrogens is 262 g/mol. The van der Waals surface area contributed by atoms with E-state index in [2.05, 4.69) is 16.4 Å². The maximum Gasteiger partial charge on any atom is 0.213 e. The zero-order valence-electron chi connectivity index (χ0n) is 10.4. The molecule has 1 N–H and O–H groups in total. The Labute approximate surface area is 116 Å². The van der Waals surface area contributed by atoms with Crippen LogP contribution < -0.4 is 10.1 Å². The van der Waals surface area contributed by atoms with E-state index in [4.69, 9.17) is 21.6 Å². The lowest BCUT2D eigenvalue weighted by Crippen LogP contribution is -2.03. The molecule has 0 amide bonds. The largest absolute Gasteiger partial charge is 0.481 e. The summed E-state index contributed by atoms with van der Waals surface area (Å²) in [4.78, 5) is 4.28. The highest BCUT2D eigenvalue weighted by Gasteiger charge is 2.03. The van der Waals surface area contributed by atoms with E-state index in [0.29, 0.717) is 28.7 Å². The Morgan fingerprint density at radius 1 is 1.37 bits per heavy atom. The molecule has 0 atom stereocenters. The Bertz CT molecular complexity index is 622. The van der Waals surface area contributed by atoms with Crippen molar-refractivity contribution in [3.8, 4) is 11.9 Å². The van der Waals surface area contributed by atoms with E-state index in [1.54, 1.807) is 31.4 Å². The molecule has 1 aromatic carbocycles. The van der Waals surface area contributed by atoms with E-state index in [9.17, 15) is 0 Å². The Balaban J connectivity index is 2.14. The van der Waals surface area contributed by atoms with E-state index in [1.165, 1.54) is 0 Å². The lowest BCUT2D eigenvalue weighted by Gasteiger charge is -2.09. The summed E-state index contributed by atoms with van der Waals surface area (Å²) in [6.07, 6.45) is 0. The molecule has 19 heavy (non-hydrogen) atoms. The lowest BCUT2D eigenvalue weighted by molar-refractivity contribution is 0.396. The number of aromatic nitrogens is 1. The summed E-state index contributed by atoms with van der Waals surface area (Å²) >= 11 is 5.92. The molecule has 1 heterocycles. The molecule has 0 saturated carbocycles. The van der Waals surface area contributed by atoms with Crippen LogP contribution in [0.2, 0.25) is 5.02 Å². The molecule has 0 aliphatic heterocycles. The number of nitrogens with one attached hydrogen (secondary N) is 1. The fourth-order valence-electron chi connectivity index (χ4n) is 1.62. The second-order valence-electron chi connectivity index (χ2n) is 3.83. The number of pyridine rings is 1. The van der Waals surface area contributed by atoms with Crippen molar-refractivity contribution in [3.05, 3.63) is 52.7 Å². The van der Waals surface area contributed by atoms with Gasteiger partial charge in [0.2, 0.25) is 5.88 Å². The molecule has 0 saturated heterocycles. The summed E-state index contributed by atoms with van der Waals surface area (Å²) in [5, 5.41) is 12.8. The standard InChI is InChI=1S/C14H12ClN3O/c1-19-14-4-2-3-12(18-14)9-17-13-7-11(15)6-5-10(13)8-16/h2-7,17H,9H2,1H3. The molecule has 0 fully saturated rings. The summed E-state index contributed by atoms with van der Waals surface area (Å²) in [5.74, 6) is 0.561. The van der Waals surface area contributed by atoms with E-state index in [-0.39, 0.29) is 0 Å². The quantitative estimate of drug-likeness (QED) is 0.929. The van der Waals surface area contributed by atoms with Gasteiger partial charge in [-0.25, -0.2) is 4.98 Å². The van der Waals surface area contributed by atoms with Crippen molar-refractivity contribution in [2.24, 2.45) is 0 Å².